The van der Waals surface area contributed by atoms with Gasteiger partial charge in [0.2, 0.25) is 0 Å². The highest BCUT2D eigenvalue weighted by Gasteiger charge is 2.23. The van der Waals surface area contributed by atoms with Crippen LogP contribution in [0.5, 0.6) is 5.75 Å². The van der Waals surface area contributed by atoms with Crippen molar-refractivity contribution < 1.29 is 18.7 Å². The van der Waals surface area contributed by atoms with Gasteiger partial charge in [-0.25, -0.2) is 0 Å². The van der Waals surface area contributed by atoms with E-state index in [0.717, 1.165) is 5.56 Å². The number of hydrogen-bond acceptors (Lipinski definition) is 4. The van der Waals surface area contributed by atoms with E-state index in [1.54, 1.807) is 37.3 Å². The van der Waals surface area contributed by atoms with Crippen molar-refractivity contribution in [3.8, 4) is 17.1 Å². The van der Waals surface area contributed by atoms with Crippen molar-refractivity contribution in [2.24, 2.45) is 0 Å². The molecule has 1 aliphatic rings. The minimum Gasteiger partial charge on any atom is -0.479 e. The molecule has 2 heterocycles. The van der Waals surface area contributed by atoms with Crippen LogP contribution in [0, 0.1) is 0 Å². The van der Waals surface area contributed by atoms with Crippen LogP contribution < -0.4 is 10.1 Å². The van der Waals surface area contributed by atoms with E-state index in [-0.39, 0.29) is 11.7 Å². The van der Waals surface area contributed by atoms with Crippen LogP contribution in [0.4, 0.5) is 5.69 Å². The zero-order chi connectivity index (χ0) is 13.4. The second kappa shape index (κ2) is 4.28. The summed E-state index contributed by atoms with van der Waals surface area (Å²) in [6.45, 7) is 1.68. The van der Waals surface area contributed by atoms with E-state index in [4.69, 9.17) is 9.15 Å². The summed E-state index contributed by atoms with van der Waals surface area (Å²) in [6.07, 6.45) is 0.130. The van der Waals surface area contributed by atoms with Gasteiger partial charge in [-0.15, -0.1) is 0 Å². The minimum atomic E-state index is -0.523. The molecular formula is C14H11NO4. The third kappa shape index (κ3) is 1.99. The summed E-state index contributed by atoms with van der Waals surface area (Å²) < 4.78 is 10.9. The molecule has 5 nitrogen and oxygen atoms in total. The first-order valence-electron chi connectivity index (χ1n) is 5.84. The third-order valence-corrected chi connectivity index (χ3v) is 2.94. The third-order valence-electron chi connectivity index (χ3n) is 2.94. The van der Waals surface area contributed by atoms with Gasteiger partial charge in [-0.2, -0.15) is 0 Å². The largest absolute Gasteiger partial charge is 0.479 e. The van der Waals surface area contributed by atoms with Gasteiger partial charge in [-0.3, -0.25) is 9.59 Å². The van der Waals surface area contributed by atoms with E-state index in [1.165, 1.54) is 0 Å². The highest BCUT2D eigenvalue weighted by atomic mass is 16.5. The molecule has 5 heteroatoms. The summed E-state index contributed by atoms with van der Waals surface area (Å²) in [7, 11) is 0. The Bertz CT molecular complexity index is 659. The molecule has 96 valence electrons. The maximum Gasteiger partial charge on any atom is 0.265 e. The SMILES string of the molecule is CC1Oc2cc(-c3ccc(C=O)o3)ccc2NC1=O. The van der Waals surface area contributed by atoms with Crippen LogP contribution in [0.3, 0.4) is 0 Å². The van der Waals surface area contributed by atoms with Gasteiger partial charge in [0.25, 0.3) is 5.91 Å². The van der Waals surface area contributed by atoms with E-state index in [2.05, 4.69) is 5.32 Å². The first kappa shape index (κ1) is 11.5. The van der Waals surface area contributed by atoms with Crippen molar-refractivity contribution in [3.63, 3.8) is 0 Å². The molecule has 3 rings (SSSR count). The Balaban J connectivity index is 1.99. The van der Waals surface area contributed by atoms with Crippen molar-refractivity contribution in [2.45, 2.75) is 13.0 Å². The molecule has 0 saturated heterocycles. The smallest absolute Gasteiger partial charge is 0.265 e. The van der Waals surface area contributed by atoms with E-state index < -0.39 is 6.10 Å². The summed E-state index contributed by atoms with van der Waals surface area (Å²) in [5.74, 6) is 1.28. The van der Waals surface area contributed by atoms with Crippen molar-refractivity contribution >= 4 is 17.9 Å². The number of benzene rings is 1. The second-order valence-corrected chi connectivity index (χ2v) is 4.28. The average molecular weight is 257 g/mol. The molecule has 0 fully saturated rings. The van der Waals surface area contributed by atoms with Crippen LogP contribution in [0.2, 0.25) is 0 Å². The fraction of sp³-hybridized carbons (Fsp3) is 0.143. The Morgan fingerprint density at radius 3 is 2.84 bits per heavy atom. The first-order chi connectivity index (χ1) is 9.17. The van der Waals surface area contributed by atoms with Gasteiger partial charge in [0.1, 0.15) is 11.5 Å². The number of fused-ring (bicyclic) bond motifs is 1. The molecule has 1 amide bonds. The van der Waals surface area contributed by atoms with Gasteiger partial charge in [0, 0.05) is 5.56 Å². The lowest BCUT2D eigenvalue weighted by Gasteiger charge is -2.23. The van der Waals surface area contributed by atoms with Crippen LogP contribution in [0.15, 0.2) is 34.7 Å². The van der Waals surface area contributed by atoms with Crippen LogP contribution in [0.25, 0.3) is 11.3 Å². The number of hydrogen-bond donors (Lipinski definition) is 1. The molecule has 0 aliphatic carbocycles. The van der Waals surface area contributed by atoms with Gasteiger partial charge >= 0.3 is 0 Å². The second-order valence-electron chi connectivity index (χ2n) is 4.28. The molecule has 19 heavy (non-hydrogen) atoms. The standard InChI is InChI=1S/C14H11NO4/c1-8-14(17)15-11-4-2-9(6-13(11)18-8)12-5-3-10(7-16)19-12/h2-8H,1H3,(H,15,17). The van der Waals surface area contributed by atoms with Crippen LogP contribution in [-0.4, -0.2) is 18.3 Å². The lowest BCUT2D eigenvalue weighted by Crippen LogP contribution is -2.34. The van der Waals surface area contributed by atoms with Crippen LogP contribution >= 0.6 is 0 Å². The summed E-state index contributed by atoms with van der Waals surface area (Å²) >= 11 is 0. The van der Waals surface area contributed by atoms with E-state index >= 15 is 0 Å². The van der Waals surface area contributed by atoms with Gasteiger partial charge in [0.15, 0.2) is 18.2 Å². The van der Waals surface area contributed by atoms with Crippen LogP contribution in [-0.2, 0) is 4.79 Å². The van der Waals surface area contributed by atoms with Crippen molar-refractivity contribution in [3.05, 3.63) is 36.1 Å². The lowest BCUT2D eigenvalue weighted by molar-refractivity contribution is -0.122. The minimum absolute atomic E-state index is 0.165. The number of nitrogens with one attached hydrogen (secondary N) is 1. The number of amides is 1. The Kier molecular flexibility index (Phi) is 2.59. The van der Waals surface area contributed by atoms with Gasteiger partial charge < -0.3 is 14.5 Å². The Hall–Kier alpha value is -2.56. The van der Waals surface area contributed by atoms with Crippen molar-refractivity contribution in [1.82, 2.24) is 0 Å². The molecule has 1 aromatic heterocycles. The maximum absolute atomic E-state index is 11.5. The highest BCUT2D eigenvalue weighted by molar-refractivity contribution is 5.97. The Morgan fingerprint density at radius 2 is 2.11 bits per heavy atom. The first-order valence-corrected chi connectivity index (χ1v) is 5.84. The molecule has 1 aliphatic heterocycles. The molecule has 0 bridgehead atoms. The number of carbonyl (C=O) groups excluding carboxylic acids is 2. The van der Waals surface area contributed by atoms with E-state index in [1.807, 2.05) is 0 Å². The average Bonchev–Trinajstić information content (AvgIpc) is 2.88. The quantitative estimate of drug-likeness (QED) is 0.839. The number of anilines is 1. The molecule has 1 unspecified atom stereocenters. The maximum atomic E-state index is 11.5. The van der Waals surface area contributed by atoms with Crippen molar-refractivity contribution in [2.75, 3.05) is 5.32 Å². The summed E-state index contributed by atoms with van der Waals surface area (Å²) in [5.41, 5.74) is 1.42. The molecule has 2 aromatic rings. The highest BCUT2D eigenvalue weighted by Crippen LogP contribution is 2.34. The van der Waals surface area contributed by atoms with Crippen LogP contribution in [0.1, 0.15) is 17.5 Å². The van der Waals surface area contributed by atoms with Crippen molar-refractivity contribution in [1.29, 1.82) is 0 Å². The number of ether oxygens (including phenoxy) is 1. The topological polar surface area (TPSA) is 68.5 Å². The molecule has 1 atom stereocenters. The normalized spacial score (nSPS) is 17.3. The molecule has 0 radical (unpaired) electrons. The fourth-order valence-electron chi connectivity index (χ4n) is 1.93. The fourth-order valence-corrected chi connectivity index (χ4v) is 1.93. The van der Waals surface area contributed by atoms with E-state index in [0.29, 0.717) is 23.5 Å². The monoisotopic (exact) mass is 257 g/mol. The van der Waals surface area contributed by atoms with Gasteiger partial charge in [0.05, 0.1) is 5.69 Å². The summed E-state index contributed by atoms with van der Waals surface area (Å²) in [5, 5.41) is 2.75. The number of aldehydes is 1. The lowest BCUT2D eigenvalue weighted by atomic mass is 10.1. The number of furan rings is 1. The Morgan fingerprint density at radius 1 is 1.26 bits per heavy atom. The van der Waals surface area contributed by atoms with Gasteiger partial charge in [-0.05, 0) is 37.3 Å². The number of rotatable bonds is 2. The zero-order valence-electron chi connectivity index (χ0n) is 10.2. The molecule has 0 saturated carbocycles. The Labute approximate surface area is 109 Å². The zero-order valence-corrected chi connectivity index (χ0v) is 10.2. The summed E-state index contributed by atoms with van der Waals surface area (Å²) in [6, 6.07) is 8.64. The number of carbonyl (C=O) groups is 2. The van der Waals surface area contributed by atoms with E-state index in [9.17, 15) is 9.59 Å². The predicted molar refractivity (Wildman–Crippen MR) is 68.3 cm³/mol. The molecular weight excluding hydrogens is 246 g/mol. The molecule has 1 aromatic carbocycles. The predicted octanol–water partition coefficient (Wildman–Crippen LogP) is 2.48. The van der Waals surface area contributed by atoms with Gasteiger partial charge in [-0.1, -0.05) is 0 Å². The molecule has 1 N–H and O–H groups in total. The molecule has 0 spiro atoms. The summed E-state index contributed by atoms with van der Waals surface area (Å²) in [4.78, 5) is 22.1.